The van der Waals surface area contributed by atoms with Gasteiger partial charge >= 0.3 is 5.97 Å². The molecule has 0 radical (unpaired) electrons. The van der Waals surface area contributed by atoms with Crippen LogP contribution in [0.4, 0.5) is 0 Å². The molecule has 0 aliphatic carbocycles. The summed E-state index contributed by atoms with van der Waals surface area (Å²) < 4.78 is 15.0. The standard InChI is InChI=1S/C15H17N3O5/c1-10(13(19)16-7-8-21-2)23-15(20)12-5-3-11(4-6-12)14-18-17-9-22-14/h3-6,9-10H,7-8H2,1-2H3,(H,16,19)/t10-/m0/s1. The third kappa shape index (κ3) is 4.62. The lowest BCUT2D eigenvalue weighted by atomic mass is 10.1. The second kappa shape index (κ2) is 8.04. The number of methoxy groups -OCH3 is 1. The zero-order chi connectivity index (χ0) is 16.7. The van der Waals surface area contributed by atoms with E-state index in [1.165, 1.54) is 20.4 Å². The molecular weight excluding hydrogens is 302 g/mol. The minimum atomic E-state index is -0.894. The van der Waals surface area contributed by atoms with Gasteiger partial charge in [-0.05, 0) is 31.2 Å². The molecule has 1 amide bonds. The van der Waals surface area contributed by atoms with E-state index in [2.05, 4.69) is 15.5 Å². The van der Waals surface area contributed by atoms with Crippen molar-refractivity contribution in [3.8, 4) is 11.5 Å². The van der Waals surface area contributed by atoms with Crippen LogP contribution in [0.2, 0.25) is 0 Å². The number of ether oxygens (including phenoxy) is 2. The SMILES string of the molecule is COCCNC(=O)[C@H](C)OC(=O)c1ccc(-c2nnco2)cc1. The molecule has 2 aromatic rings. The van der Waals surface area contributed by atoms with Gasteiger partial charge in [0.15, 0.2) is 6.10 Å². The van der Waals surface area contributed by atoms with Crippen molar-refractivity contribution in [2.75, 3.05) is 20.3 Å². The van der Waals surface area contributed by atoms with E-state index < -0.39 is 12.1 Å². The average Bonchev–Trinajstić information content (AvgIpc) is 3.09. The largest absolute Gasteiger partial charge is 0.449 e. The fourth-order valence-electron chi connectivity index (χ4n) is 1.75. The van der Waals surface area contributed by atoms with Crippen LogP contribution in [0.1, 0.15) is 17.3 Å². The molecule has 0 fully saturated rings. The van der Waals surface area contributed by atoms with Crippen molar-refractivity contribution in [1.29, 1.82) is 0 Å². The molecular formula is C15H17N3O5. The Bertz CT molecular complexity index is 640. The number of rotatable bonds is 7. The van der Waals surface area contributed by atoms with E-state index >= 15 is 0 Å². The molecule has 8 nitrogen and oxygen atoms in total. The quantitative estimate of drug-likeness (QED) is 0.600. The van der Waals surface area contributed by atoms with E-state index in [-0.39, 0.29) is 5.91 Å². The number of hydrogen-bond acceptors (Lipinski definition) is 7. The molecule has 1 N–H and O–H groups in total. The summed E-state index contributed by atoms with van der Waals surface area (Å²) in [6.45, 7) is 2.26. The molecule has 8 heteroatoms. The molecule has 1 aromatic heterocycles. The second-order valence-electron chi connectivity index (χ2n) is 4.65. The van der Waals surface area contributed by atoms with Crippen molar-refractivity contribution in [2.45, 2.75) is 13.0 Å². The van der Waals surface area contributed by atoms with E-state index in [0.29, 0.717) is 30.2 Å². The maximum Gasteiger partial charge on any atom is 0.338 e. The molecule has 0 aliphatic rings. The van der Waals surface area contributed by atoms with Gasteiger partial charge < -0.3 is 19.2 Å². The van der Waals surface area contributed by atoms with Crippen molar-refractivity contribution in [3.63, 3.8) is 0 Å². The van der Waals surface area contributed by atoms with Crippen LogP contribution in [-0.2, 0) is 14.3 Å². The van der Waals surface area contributed by atoms with Gasteiger partial charge in [-0.1, -0.05) is 0 Å². The highest BCUT2D eigenvalue weighted by atomic mass is 16.5. The number of carbonyl (C=O) groups excluding carboxylic acids is 2. The van der Waals surface area contributed by atoms with Crippen molar-refractivity contribution in [3.05, 3.63) is 36.2 Å². The van der Waals surface area contributed by atoms with Gasteiger partial charge in [0.2, 0.25) is 12.3 Å². The maximum absolute atomic E-state index is 12.0. The number of hydrogen-bond donors (Lipinski definition) is 1. The van der Waals surface area contributed by atoms with Crippen LogP contribution in [0.25, 0.3) is 11.5 Å². The van der Waals surface area contributed by atoms with Gasteiger partial charge in [-0.25, -0.2) is 4.79 Å². The number of benzene rings is 1. The van der Waals surface area contributed by atoms with Crippen LogP contribution in [-0.4, -0.2) is 48.4 Å². The van der Waals surface area contributed by atoms with Crippen LogP contribution in [0, 0.1) is 0 Å². The molecule has 0 spiro atoms. The normalized spacial score (nSPS) is 11.7. The number of aromatic nitrogens is 2. The number of carbonyl (C=O) groups is 2. The van der Waals surface area contributed by atoms with Gasteiger partial charge in [0.25, 0.3) is 5.91 Å². The summed E-state index contributed by atoms with van der Waals surface area (Å²) in [6, 6.07) is 6.45. The summed E-state index contributed by atoms with van der Waals surface area (Å²) in [5.41, 5.74) is 1.01. The Morgan fingerprint density at radius 2 is 2.04 bits per heavy atom. The molecule has 0 aliphatic heterocycles. The Morgan fingerprint density at radius 1 is 1.30 bits per heavy atom. The summed E-state index contributed by atoms with van der Waals surface area (Å²) in [4.78, 5) is 23.7. The first-order valence-corrected chi connectivity index (χ1v) is 6.96. The van der Waals surface area contributed by atoms with Gasteiger partial charge in [-0.2, -0.15) is 0 Å². The van der Waals surface area contributed by atoms with Crippen molar-refractivity contribution >= 4 is 11.9 Å². The Hall–Kier alpha value is -2.74. The smallest absolute Gasteiger partial charge is 0.338 e. The van der Waals surface area contributed by atoms with E-state index in [9.17, 15) is 9.59 Å². The highest BCUT2D eigenvalue weighted by molar-refractivity contribution is 5.92. The van der Waals surface area contributed by atoms with Gasteiger partial charge in [0, 0.05) is 19.2 Å². The van der Waals surface area contributed by atoms with Gasteiger partial charge in [-0.15, -0.1) is 10.2 Å². The third-order valence-electron chi connectivity index (χ3n) is 2.99. The van der Waals surface area contributed by atoms with Crippen LogP contribution >= 0.6 is 0 Å². The van der Waals surface area contributed by atoms with E-state index in [1.807, 2.05) is 0 Å². The van der Waals surface area contributed by atoms with Gasteiger partial charge in [-0.3, -0.25) is 4.79 Å². The average molecular weight is 319 g/mol. The van der Waals surface area contributed by atoms with Crippen molar-refractivity contribution in [2.24, 2.45) is 0 Å². The fraction of sp³-hybridized carbons (Fsp3) is 0.333. The number of nitrogens with one attached hydrogen (secondary N) is 1. The maximum atomic E-state index is 12.0. The predicted molar refractivity (Wildman–Crippen MR) is 79.5 cm³/mol. The van der Waals surface area contributed by atoms with Crippen LogP contribution in [0.5, 0.6) is 0 Å². The minimum absolute atomic E-state index is 0.324. The number of amides is 1. The molecule has 0 unspecified atom stereocenters. The summed E-state index contributed by atoms with van der Waals surface area (Å²) in [7, 11) is 1.54. The zero-order valence-corrected chi connectivity index (χ0v) is 12.8. The van der Waals surface area contributed by atoms with Gasteiger partial charge in [0.1, 0.15) is 0 Å². The van der Waals surface area contributed by atoms with Crippen molar-refractivity contribution < 1.29 is 23.5 Å². The summed E-state index contributed by atoms with van der Waals surface area (Å²) in [5, 5.41) is 9.96. The Kier molecular flexibility index (Phi) is 5.81. The molecule has 1 heterocycles. The van der Waals surface area contributed by atoms with Gasteiger partial charge in [0.05, 0.1) is 12.2 Å². The highest BCUT2D eigenvalue weighted by Gasteiger charge is 2.18. The number of esters is 1. The Balaban J connectivity index is 1.91. The molecule has 0 saturated carbocycles. The van der Waals surface area contributed by atoms with E-state index in [0.717, 1.165) is 0 Å². The Morgan fingerprint density at radius 3 is 2.65 bits per heavy atom. The lowest BCUT2D eigenvalue weighted by Crippen LogP contribution is -2.37. The lowest BCUT2D eigenvalue weighted by Gasteiger charge is -2.13. The van der Waals surface area contributed by atoms with E-state index in [1.54, 1.807) is 24.3 Å². The van der Waals surface area contributed by atoms with Crippen molar-refractivity contribution in [1.82, 2.24) is 15.5 Å². The summed E-state index contributed by atoms with van der Waals surface area (Å²) >= 11 is 0. The first kappa shape index (κ1) is 16.6. The second-order valence-corrected chi connectivity index (χ2v) is 4.65. The summed E-state index contributed by atoms with van der Waals surface area (Å²) in [6.07, 6.45) is 0.330. The zero-order valence-electron chi connectivity index (χ0n) is 12.8. The summed E-state index contributed by atoms with van der Waals surface area (Å²) in [5.74, 6) is -0.606. The molecule has 1 atom stereocenters. The van der Waals surface area contributed by atoms with Crippen LogP contribution in [0.15, 0.2) is 35.1 Å². The first-order valence-electron chi connectivity index (χ1n) is 6.96. The number of nitrogens with zero attached hydrogens (tertiary/aromatic N) is 2. The topological polar surface area (TPSA) is 104 Å². The molecule has 2 rings (SSSR count). The van der Waals surface area contributed by atoms with E-state index in [4.69, 9.17) is 13.9 Å². The highest BCUT2D eigenvalue weighted by Crippen LogP contribution is 2.17. The molecule has 0 bridgehead atoms. The lowest BCUT2D eigenvalue weighted by molar-refractivity contribution is -0.129. The molecule has 0 saturated heterocycles. The molecule has 1 aromatic carbocycles. The van der Waals surface area contributed by atoms with Crippen LogP contribution in [0.3, 0.4) is 0 Å². The van der Waals surface area contributed by atoms with Crippen LogP contribution < -0.4 is 5.32 Å². The molecule has 23 heavy (non-hydrogen) atoms. The predicted octanol–water partition coefficient (Wildman–Crippen LogP) is 1.04. The monoisotopic (exact) mass is 319 g/mol. The molecule has 122 valence electrons. The third-order valence-corrected chi connectivity index (χ3v) is 2.99. The Labute approximate surface area is 132 Å². The minimum Gasteiger partial charge on any atom is -0.449 e. The first-order chi connectivity index (χ1) is 11.1. The fourth-order valence-corrected chi connectivity index (χ4v) is 1.75.